The maximum atomic E-state index is 12.0. The van der Waals surface area contributed by atoms with Gasteiger partial charge in [-0.25, -0.2) is 4.79 Å². The van der Waals surface area contributed by atoms with Crippen molar-refractivity contribution in [2.24, 2.45) is 7.05 Å². The number of aliphatic carboxylic acids is 1. The molecular weight excluding hydrogens is 208 g/mol. The summed E-state index contributed by atoms with van der Waals surface area (Å²) in [6, 6.07) is 3.41. The molecule has 1 aromatic heterocycles. The maximum absolute atomic E-state index is 12.0. The molecule has 0 bridgehead atoms. The molecule has 0 fully saturated rings. The Morgan fingerprint density at radius 2 is 2.00 bits per heavy atom. The molecule has 1 N–H and O–H groups in total. The van der Waals surface area contributed by atoms with Crippen molar-refractivity contribution in [1.82, 2.24) is 9.47 Å². The lowest BCUT2D eigenvalue weighted by atomic mass is 10.0. The first-order valence-electron chi connectivity index (χ1n) is 4.91. The highest BCUT2D eigenvalue weighted by Crippen LogP contribution is 2.16. The van der Waals surface area contributed by atoms with Gasteiger partial charge in [0.15, 0.2) is 0 Å². The van der Waals surface area contributed by atoms with E-state index in [1.54, 1.807) is 29.9 Å². The number of likely N-dealkylation sites (N-methyl/N-ethyl adjacent to an activating group) is 1. The highest BCUT2D eigenvalue weighted by molar-refractivity contribution is 5.96. The summed E-state index contributed by atoms with van der Waals surface area (Å²) >= 11 is 0. The number of aryl methyl sites for hydroxylation is 1. The van der Waals surface area contributed by atoms with E-state index in [0.717, 1.165) is 0 Å². The van der Waals surface area contributed by atoms with Crippen molar-refractivity contribution >= 4 is 11.9 Å². The second kappa shape index (κ2) is 4.00. The van der Waals surface area contributed by atoms with Gasteiger partial charge >= 0.3 is 5.97 Å². The normalized spacial score (nSPS) is 11.2. The third-order valence-corrected chi connectivity index (χ3v) is 2.83. The van der Waals surface area contributed by atoms with Crippen LogP contribution in [-0.2, 0) is 11.8 Å². The first-order chi connectivity index (χ1) is 7.28. The summed E-state index contributed by atoms with van der Waals surface area (Å²) in [5.41, 5.74) is -0.752. The molecule has 0 aromatic carbocycles. The number of rotatable bonds is 3. The minimum atomic E-state index is -1.22. The Balaban J connectivity index is 3.00. The Morgan fingerprint density at radius 1 is 1.44 bits per heavy atom. The van der Waals surface area contributed by atoms with Gasteiger partial charge in [-0.2, -0.15) is 0 Å². The first kappa shape index (κ1) is 12.3. The predicted octanol–water partition coefficient (Wildman–Crippen LogP) is 0.960. The molecule has 1 amide bonds. The second-order valence-electron chi connectivity index (χ2n) is 4.23. The SMILES string of the molecule is CN(C(=O)c1cccn1C)C(C)(C)C(=O)O. The molecule has 1 heterocycles. The summed E-state index contributed by atoms with van der Waals surface area (Å²) in [4.78, 5) is 24.3. The van der Waals surface area contributed by atoms with Crippen LogP contribution >= 0.6 is 0 Å². The Kier molecular flexibility index (Phi) is 3.07. The smallest absolute Gasteiger partial charge is 0.329 e. The molecule has 0 aliphatic carbocycles. The van der Waals surface area contributed by atoms with Gasteiger partial charge in [-0.05, 0) is 26.0 Å². The lowest BCUT2D eigenvalue weighted by Crippen LogP contribution is -2.51. The van der Waals surface area contributed by atoms with E-state index < -0.39 is 11.5 Å². The van der Waals surface area contributed by atoms with Crippen molar-refractivity contribution in [3.63, 3.8) is 0 Å². The summed E-state index contributed by atoms with van der Waals surface area (Å²) < 4.78 is 1.66. The van der Waals surface area contributed by atoms with Crippen LogP contribution in [0.2, 0.25) is 0 Å². The number of carbonyl (C=O) groups is 2. The van der Waals surface area contributed by atoms with Crippen molar-refractivity contribution in [3.8, 4) is 0 Å². The molecule has 5 heteroatoms. The van der Waals surface area contributed by atoms with Gasteiger partial charge < -0.3 is 14.6 Å². The third kappa shape index (κ3) is 1.93. The highest BCUT2D eigenvalue weighted by Gasteiger charge is 2.36. The van der Waals surface area contributed by atoms with Crippen LogP contribution < -0.4 is 0 Å². The number of nitrogens with zero attached hydrogens (tertiary/aromatic N) is 2. The Labute approximate surface area is 94.3 Å². The molecule has 0 aliphatic rings. The lowest BCUT2D eigenvalue weighted by Gasteiger charge is -2.31. The summed E-state index contributed by atoms with van der Waals surface area (Å²) in [5.74, 6) is -1.34. The fourth-order valence-electron chi connectivity index (χ4n) is 1.25. The van der Waals surface area contributed by atoms with Crippen LogP contribution in [0.5, 0.6) is 0 Å². The minimum Gasteiger partial charge on any atom is -0.480 e. The molecule has 0 spiro atoms. The molecule has 5 nitrogen and oxygen atoms in total. The number of hydrogen-bond donors (Lipinski definition) is 1. The number of aromatic nitrogens is 1. The molecule has 0 atom stereocenters. The average Bonchev–Trinajstić information content (AvgIpc) is 2.61. The zero-order valence-corrected chi connectivity index (χ0v) is 9.89. The fourth-order valence-corrected chi connectivity index (χ4v) is 1.25. The standard InChI is InChI=1S/C11H16N2O3/c1-11(2,10(15)16)13(4)9(14)8-6-5-7-12(8)3/h5-7H,1-4H3,(H,15,16). The van der Waals surface area contributed by atoms with Gasteiger partial charge in [-0.3, -0.25) is 4.79 Å². The van der Waals surface area contributed by atoms with Crippen LogP contribution in [0, 0.1) is 0 Å². The van der Waals surface area contributed by atoms with Gasteiger partial charge in [0.25, 0.3) is 5.91 Å². The van der Waals surface area contributed by atoms with E-state index in [4.69, 9.17) is 5.11 Å². The molecule has 0 unspecified atom stereocenters. The number of hydrogen-bond acceptors (Lipinski definition) is 2. The van der Waals surface area contributed by atoms with Crippen molar-refractivity contribution in [1.29, 1.82) is 0 Å². The summed E-state index contributed by atoms with van der Waals surface area (Å²) in [5, 5.41) is 9.03. The third-order valence-electron chi connectivity index (χ3n) is 2.83. The van der Waals surface area contributed by atoms with E-state index in [2.05, 4.69) is 0 Å². The molecular formula is C11H16N2O3. The van der Waals surface area contributed by atoms with Gasteiger partial charge in [-0.1, -0.05) is 0 Å². The van der Waals surface area contributed by atoms with E-state index in [1.807, 2.05) is 0 Å². The van der Waals surface area contributed by atoms with Gasteiger partial charge in [0.2, 0.25) is 0 Å². The van der Waals surface area contributed by atoms with E-state index in [0.29, 0.717) is 5.69 Å². The summed E-state index contributed by atoms with van der Waals surface area (Å²) in [6.45, 7) is 2.99. The molecule has 0 saturated heterocycles. The van der Waals surface area contributed by atoms with Gasteiger partial charge in [0.1, 0.15) is 11.2 Å². The van der Waals surface area contributed by atoms with E-state index in [1.165, 1.54) is 25.8 Å². The van der Waals surface area contributed by atoms with Crippen molar-refractivity contribution in [3.05, 3.63) is 24.0 Å². The molecule has 16 heavy (non-hydrogen) atoms. The largest absolute Gasteiger partial charge is 0.480 e. The van der Waals surface area contributed by atoms with Crippen LogP contribution in [0.1, 0.15) is 24.3 Å². The monoisotopic (exact) mass is 224 g/mol. The average molecular weight is 224 g/mol. The maximum Gasteiger partial charge on any atom is 0.329 e. The predicted molar refractivity (Wildman–Crippen MR) is 59.2 cm³/mol. The molecule has 0 radical (unpaired) electrons. The Bertz CT molecular complexity index is 421. The Morgan fingerprint density at radius 3 is 2.38 bits per heavy atom. The second-order valence-corrected chi connectivity index (χ2v) is 4.23. The number of carbonyl (C=O) groups excluding carboxylic acids is 1. The lowest BCUT2D eigenvalue weighted by molar-refractivity contribution is -0.147. The number of carboxylic acids is 1. The van der Waals surface area contributed by atoms with Crippen LogP contribution in [0.25, 0.3) is 0 Å². The molecule has 1 rings (SSSR count). The van der Waals surface area contributed by atoms with E-state index in [9.17, 15) is 9.59 Å². The molecule has 1 aromatic rings. The van der Waals surface area contributed by atoms with Crippen LogP contribution in [0.15, 0.2) is 18.3 Å². The van der Waals surface area contributed by atoms with E-state index >= 15 is 0 Å². The van der Waals surface area contributed by atoms with Crippen LogP contribution in [-0.4, -0.2) is 39.0 Å². The summed E-state index contributed by atoms with van der Waals surface area (Å²) in [6.07, 6.45) is 1.74. The number of carboxylic acid groups (broad SMARTS) is 1. The van der Waals surface area contributed by atoms with Crippen LogP contribution in [0.4, 0.5) is 0 Å². The molecule has 88 valence electrons. The van der Waals surface area contributed by atoms with Gasteiger partial charge in [0, 0.05) is 20.3 Å². The highest BCUT2D eigenvalue weighted by atomic mass is 16.4. The number of amides is 1. The molecule has 0 aliphatic heterocycles. The quantitative estimate of drug-likeness (QED) is 0.831. The van der Waals surface area contributed by atoms with Crippen molar-refractivity contribution in [2.45, 2.75) is 19.4 Å². The van der Waals surface area contributed by atoms with Crippen molar-refractivity contribution in [2.75, 3.05) is 7.05 Å². The van der Waals surface area contributed by atoms with Crippen LogP contribution in [0.3, 0.4) is 0 Å². The molecule has 0 saturated carbocycles. The summed E-state index contributed by atoms with van der Waals surface area (Å²) in [7, 11) is 3.23. The minimum absolute atomic E-state index is 0.306. The van der Waals surface area contributed by atoms with Crippen molar-refractivity contribution < 1.29 is 14.7 Å². The first-order valence-corrected chi connectivity index (χ1v) is 4.91. The zero-order valence-electron chi connectivity index (χ0n) is 9.89. The Hall–Kier alpha value is -1.78. The zero-order chi connectivity index (χ0) is 12.5. The topological polar surface area (TPSA) is 62.5 Å². The van der Waals surface area contributed by atoms with E-state index in [-0.39, 0.29) is 5.91 Å². The van der Waals surface area contributed by atoms with Gasteiger partial charge in [-0.15, -0.1) is 0 Å². The fraction of sp³-hybridized carbons (Fsp3) is 0.455. The van der Waals surface area contributed by atoms with Gasteiger partial charge in [0.05, 0.1) is 0 Å².